The molecule has 2 aromatic rings. The summed E-state index contributed by atoms with van der Waals surface area (Å²) in [4.78, 5) is 29.9. The van der Waals surface area contributed by atoms with Crippen LogP contribution >= 0.6 is 23.1 Å². The molecule has 0 radical (unpaired) electrons. The van der Waals surface area contributed by atoms with Crippen molar-refractivity contribution in [3.8, 4) is 0 Å². The summed E-state index contributed by atoms with van der Waals surface area (Å²) < 4.78 is 63.6. The zero-order valence-electron chi connectivity index (χ0n) is 18.9. The number of thioether (sulfide) groups is 1. The molecular formula is C22H25F4N3O4S2. The molecule has 2 heterocycles. The second-order valence-corrected chi connectivity index (χ2v) is 9.80. The summed E-state index contributed by atoms with van der Waals surface area (Å²) in [7, 11) is 0. The summed E-state index contributed by atoms with van der Waals surface area (Å²) in [6.45, 7) is 3.79. The number of rotatable bonds is 10. The van der Waals surface area contributed by atoms with Crippen molar-refractivity contribution in [1.82, 2.24) is 15.2 Å². The molecule has 35 heavy (non-hydrogen) atoms. The normalized spacial score (nSPS) is 16.8. The number of alkyl halides is 3. The number of nitrogens with one attached hydrogen (secondary N) is 1. The molecule has 1 amide bonds. The molecule has 1 aromatic heterocycles. The molecule has 0 spiro atoms. The summed E-state index contributed by atoms with van der Waals surface area (Å²) >= 11 is 2.59. The number of hydrogen-bond acceptors (Lipinski definition) is 8. The fraction of sp³-hybridized carbons (Fsp3) is 0.500. The second kappa shape index (κ2) is 12.7. The van der Waals surface area contributed by atoms with E-state index < -0.39 is 17.6 Å². The van der Waals surface area contributed by atoms with Crippen LogP contribution < -0.4 is 5.32 Å². The topological polar surface area (TPSA) is 80.8 Å². The van der Waals surface area contributed by atoms with E-state index in [0.29, 0.717) is 41.9 Å². The van der Waals surface area contributed by atoms with Crippen LogP contribution in [0.15, 0.2) is 27.9 Å². The largest absolute Gasteiger partial charge is 0.466 e. The van der Waals surface area contributed by atoms with Crippen LogP contribution in [-0.4, -0.2) is 66.5 Å². The van der Waals surface area contributed by atoms with Crippen molar-refractivity contribution < 1.29 is 36.6 Å². The van der Waals surface area contributed by atoms with Gasteiger partial charge in [0.25, 0.3) is 0 Å². The number of halogens is 4. The predicted octanol–water partition coefficient (Wildman–Crippen LogP) is 3.52. The Morgan fingerprint density at radius 2 is 2.17 bits per heavy atom. The monoisotopic (exact) mass is 535 g/mol. The summed E-state index contributed by atoms with van der Waals surface area (Å²) in [5.41, 5.74) is -0.334. The van der Waals surface area contributed by atoms with Crippen LogP contribution in [0.25, 0.3) is 0 Å². The lowest BCUT2D eigenvalue weighted by atomic mass is 10.1. The first-order chi connectivity index (χ1) is 16.6. The molecule has 0 saturated carbocycles. The van der Waals surface area contributed by atoms with Gasteiger partial charge in [-0.2, -0.15) is 13.2 Å². The number of esters is 1. The number of carbonyl (C=O) groups excluding carboxylic acids is 2. The molecule has 0 bridgehead atoms. The third kappa shape index (κ3) is 8.74. The van der Waals surface area contributed by atoms with Gasteiger partial charge in [0.15, 0.2) is 4.34 Å². The zero-order valence-corrected chi connectivity index (χ0v) is 20.5. The van der Waals surface area contributed by atoms with Crippen molar-refractivity contribution in [3.63, 3.8) is 0 Å². The van der Waals surface area contributed by atoms with E-state index in [1.807, 2.05) is 4.90 Å². The van der Waals surface area contributed by atoms with E-state index in [0.717, 1.165) is 12.1 Å². The molecule has 1 aliphatic heterocycles. The molecule has 3 rings (SSSR count). The van der Waals surface area contributed by atoms with Gasteiger partial charge >= 0.3 is 12.1 Å². The van der Waals surface area contributed by atoms with Gasteiger partial charge in [-0.25, -0.2) is 9.37 Å². The Labute approximate surface area is 208 Å². The highest BCUT2D eigenvalue weighted by Gasteiger charge is 2.34. The number of amides is 1. The molecule has 1 aromatic carbocycles. The maximum atomic E-state index is 13.5. The van der Waals surface area contributed by atoms with Gasteiger partial charge in [-0.05, 0) is 24.6 Å². The summed E-state index contributed by atoms with van der Waals surface area (Å²) in [5.74, 6) is -1.73. The molecule has 1 saturated heterocycles. The van der Waals surface area contributed by atoms with Crippen molar-refractivity contribution in [2.75, 3.05) is 38.6 Å². The van der Waals surface area contributed by atoms with Crippen LogP contribution in [-0.2, 0) is 38.2 Å². The average Bonchev–Trinajstić information content (AvgIpc) is 3.24. The Hall–Kier alpha value is -2.22. The molecule has 1 N–H and O–H groups in total. The smallest absolute Gasteiger partial charge is 0.419 e. The van der Waals surface area contributed by atoms with E-state index in [-0.39, 0.29) is 43.2 Å². The molecule has 1 unspecified atom stereocenters. The zero-order chi connectivity index (χ0) is 25.4. The SMILES string of the molecule is CCOC(=O)Cc1csc(SCC(=O)NCC2CN(Cc3ccc(F)c(C(F)(F)F)c3)CCO2)n1. The molecule has 1 aliphatic rings. The Kier molecular flexibility index (Phi) is 9.89. The van der Waals surface area contributed by atoms with Gasteiger partial charge in [0, 0.05) is 31.6 Å². The Morgan fingerprint density at radius 3 is 2.91 bits per heavy atom. The lowest BCUT2D eigenvalue weighted by Gasteiger charge is -2.33. The Bertz CT molecular complexity index is 1020. The van der Waals surface area contributed by atoms with Crippen LogP contribution in [0, 0.1) is 5.82 Å². The van der Waals surface area contributed by atoms with Crippen LogP contribution in [0.2, 0.25) is 0 Å². The summed E-state index contributed by atoms with van der Waals surface area (Å²) in [6, 6.07) is 3.00. The van der Waals surface area contributed by atoms with Gasteiger partial charge in [0.1, 0.15) is 5.82 Å². The summed E-state index contributed by atoms with van der Waals surface area (Å²) in [6.07, 6.45) is -4.99. The van der Waals surface area contributed by atoms with E-state index in [1.165, 1.54) is 29.2 Å². The fourth-order valence-electron chi connectivity index (χ4n) is 3.40. The number of aromatic nitrogens is 1. The van der Waals surface area contributed by atoms with E-state index in [2.05, 4.69) is 10.3 Å². The first-order valence-corrected chi connectivity index (χ1v) is 12.7. The minimum atomic E-state index is -4.75. The number of hydrogen-bond donors (Lipinski definition) is 1. The maximum absolute atomic E-state index is 13.5. The molecule has 1 fully saturated rings. The molecule has 1 atom stereocenters. The lowest BCUT2D eigenvalue weighted by molar-refractivity contribution is -0.142. The van der Waals surface area contributed by atoms with Gasteiger partial charge in [0.05, 0.1) is 42.7 Å². The van der Waals surface area contributed by atoms with E-state index in [9.17, 15) is 27.2 Å². The quantitative estimate of drug-likeness (QED) is 0.283. The van der Waals surface area contributed by atoms with Crippen LogP contribution in [0.5, 0.6) is 0 Å². The van der Waals surface area contributed by atoms with Crippen molar-refractivity contribution in [2.24, 2.45) is 0 Å². The molecule has 13 heteroatoms. The third-order valence-electron chi connectivity index (χ3n) is 4.98. The van der Waals surface area contributed by atoms with E-state index in [4.69, 9.17) is 9.47 Å². The van der Waals surface area contributed by atoms with Crippen LogP contribution in [0.1, 0.15) is 23.7 Å². The van der Waals surface area contributed by atoms with Crippen LogP contribution in [0.3, 0.4) is 0 Å². The van der Waals surface area contributed by atoms with Gasteiger partial charge < -0.3 is 14.8 Å². The maximum Gasteiger partial charge on any atom is 0.419 e. The average molecular weight is 536 g/mol. The van der Waals surface area contributed by atoms with Gasteiger partial charge in [-0.15, -0.1) is 11.3 Å². The van der Waals surface area contributed by atoms with Crippen molar-refractivity contribution in [2.45, 2.75) is 36.5 Å². The standard InChI is InChI=1S/C22H25F4N3O4S2/c1-2-32-20(31)8-15-12-34-21(28-15)35-13-19(30)27-9-16-11-29(5-6-33-16)10-14-3-4-18(23)17(7-14)22(24,25)26/h3-4,7,12,16H,2,5-6,8-11,13H2,1H3,(H,27,30). The Morgan fingerprint density at radius 1 is 1.37 bits per heavy atom. The number of ether oxygens (including phenoxy) is 2. The van der Waals surface area contributed by atoms with Gasteiger partial charge in [0.2, 0.25) is 5.91 Å². The fourth-order valence-corrected chi connectivity index (χ4v) is 5.07. The van der Waals surface area contributed by atoms with Crippen molar-refractivity contribution in [3.05, 3.63) is 46.2 Å². The van der Waals surface area contributed by atoms with Crippen molar-refractivity contribution >= 4 is 35.0 Å². The number of nitrogens with zero attached hydrogens (tertiary/aromatic N) is 2. The molecular weight excluding hydrogens is 510 g/mol. The number of morpholine rings is 1. The summed E-state index contributed by atoms with van der Waals surface area (Å²) in [5, 5.41) is 4.54. The number of carbonyl (C=O) groups is 2. The molecule has 192 valence electrons. The van der Waals surface area contributed by atoms with E-state index in [1.54, 1.807) is 12.3 Å². The van der Waals surface area contributed by atoms with E-state index >= 15 is 0 Å². The Balaban J connectivity index is 1.42. The first-order valence-electron chi connectivity index (χ1n) is 10.8. The third-order valence-corrected chi connectivity index (χ3v) is 7.05. The highest BCUT2D eigenvalue weighted by atomic mass is 32.2. The number of thiazole rings is 1. The predicted molar refractivity (Wildman–Crippen MR) is 123 cm³/mol. The highest BCUT2D eigenvalue weighted by Crippen LogP contribution is 2.32. The highest BCUT2D eigenvalue weighted by molar-refractivity contribution is 8.01. The van der Waals surface area contributed by atoms with Gasteiger partial charge in [-0.3, -0.25) is 14.5 Å². The number of benzene rings is 1. The second-order valence-electron chi connectivity index (χ2n) is 7.72. The minimum Gasteiger partial charge on any atom is -0.466 e. The molecule has 0 aliphatic carbocycles. The first kappa shape index (κ1) is 27.4. The lowest BCUT2D eigenvalue weighted by Crippen LogP contribution is -2.47. The molecule has 7 nitrogen and oxygen atoms in total. The van der Waals surface area contributed by atoms with Crippen LogP contribution in [0.4, 0.5) is 17.6 Å². The van der Waals surface area contributed by atoms with Gasteiger partial charge in [-0.1, -0.05) is 17.8 Å². The minimum absolute atomic E-state index is 0.0854. The van der Waals surface area contributed by atoms with Crippen molar-refractivity contribution in [1.29, 1.82) is 0 Å².